The van der Waals surface area contributed by atoms with Gasteiger partial charge in [-0.05, 0) is 61.2 Å². The smallest absolute Gasteiger partial charge is 0.404 e. The largest absolute Gasteiger partial charge is 0.573 e. The number of aryl methyl sites for hydroxylation is 1. The Kier molecular flexibility index (Phi) is 10.9. The SMILES string of the molecule is CCc1cc(C=O)c(F)cc1CN1CCN(c2ccc(OC(F)(F)F)c(Cl)c2)CC1.CNSC. The Labute approximate surface area is 206 Å². The number of rotatable bonds is 7. The fourth-order valence-corrected chi connectivity index (χ4v) is 3.76. The fraction of sp³-hybridized carbons (Fsp3) is 0.435. The van der Waals surface area contributed by atoms with E-state index in [1.807, 2.05) is 25.1 Å². The first-order chi connectivity index (χ1) is 16.1. The average Bonchev–Trinajstić information content (AvgIpc) is 2.80. The molecule has 0 aliphatic carbocycles. The second kappa shape index (κ2) is 13.2. The minimum Gasteiger partial charge on any atom is -0.404 e. The normalized spacial score (nSPS) is 14.4. The molecule has 0 atom stereocenters. The van der Waals surface area contributed by atoms with Crippen molar-refractivity contribution in [1.29, 1.82) is 0 Å². The van der Waals surface area contributed by atoms with Gasteiger partial charge in [0.15, 0.2) is 6.29 Å². The summed E-state index contributed by atoms with van der Waals surface area (Å²) < 4.78 is 57.9. The number of piperazine rings is 1. The molecule has 1 N–H and O–H groups in total. The van der Waals surface area contributed by atoms with Crippen LogP contribution in [-0.4, -0.2) is 57.0 Å². The van der Waals surface area contributed by atoms with Gasteiger partial charge in [-0.15, -0.1) is 13.2 Å². The summed E-state index contributed by atoms with van der Waals surface area (Å²) in [4.78, 5) is 15.2. The summed E-state index contributed by atoms with van der Waals surface area (Å²) >= 11 is 7.55. The number of hydrogen-bond donors (Lipinski definition) is 1. The molecule has 2 aromatic carbocycles. The van der Waals surface area contributed by atoms with Gasteiger partial charge < -0.3 is 9.64 Å². The average molecular weight is 522 g/mol. The van der Waals surface area contributed by atoms with Crippen LogP contribution in [0.4, 0.5) is 23.2 Å². The van der Waals surface area contributed by atoms with Gasteiger partial charge in [0.2, 0.25) is 0 Å². The third-order valence-electron chi connectivity index (χ3n) is 5.30. The van der Waals surface area contributed by atoms with E-state index in [2.05, 4.69) is 14.4 Å². The molecule has 188 valence electrons. The second-order valence-corrected chi connectivity index (χ2v) is 8.67. The molecule has 11 heteroatoms. The molecule has 0 aromatic heterocycles. The minimum atomic E-state index is -4.79. The van der Waals surface area contributed by atoms with Crippen molar-refractivity contribution in [2.75, 3.05) is 44.4 Å². The maximum atomic E-state index is 14.0. The predicted molar refractivity (Wildman–Crippen MR) is 129 cm³/mol. The summed E-state index contributed by atoms with van der Waals surface area (Å²) in [5, 5.41) is -0.106. The van der Waals surface area contributed by atoms with Crippen LogP contribution in [-0.2, 0) is 13.0 Å². The molecule has 0 amide bonds. The van der Waals surface area contributed by atoms with Crippen LogP contribution in [0.25, 0.3) is 0 Å². The van der Waals surface area contributed by atoms with E-state index < -0.39 is 17.9 Å². The first kappa shape index (κ1) is 28.2. The molecule has 1 heterocycles. The van der Waals surface area contributed by atoms with Crippen LogP contribution >= 0.6 is 23.5 Å². The third-order valence-corrected chi connectivity index (χ3v) is 6.01. The molecular formula is C23H28ClF4N3O2S. The summed E-state index contributed by atoms with van der Waals surface area (Å²) in [6, 6.07) is 7.24. The van der Waals surface area contributed by atoms with Gasteiger partial charge >= 0.3 is 6.36 Å². The number of halogens is 5. The lowest BCUT2D eigenvalue weighted by atomic mass is 10.0. The molecule has 1 aliphatic rings. The Morgan fingerprint density at radius 2 is 1.79 bits per heavy atom. The van der Waals surface area contributed by atoms with E-state index in [1.54, 1.807) is 24.1 Å². The summed E-state index contributed by atoms with van der Waals surface area (Å²) in [7, 11) is 1.89. The van der Waals surface area contributed by atoms with Gasteiger partial charge in [-0.1, -0.05) is 30.5 Å². The van der Waals surface area contributed by atoms with Crippen molar-refractivity contribution in [3.05, 3.63) is 57.9 Å². The predicted octanol–water partition coefficient (Wildman–Crippen LogP) is 5.56. The highest BCUT2D eigenvalue weighted by Gasteiger charge is 2.32. The van der Waals surface area contributed by atoms with Crippen molar-refractivity contribution in [1.82, 2.24) is 9.62 Å². The highest BCUT2D eigenvalue weighted by Crippen LogP contribution is 2.33. The van der Waals surface area contributed by atoms with Gasteiger partial charge in [0, 0.05) is 38.4 Å². The van der Waals surface area contributed by atoms with E-state index in [0.717, 1.165) is 11.1 Å². The molecule has 1 saturated heterocycles. The van der Waals surface area contributed by atoms with Crippen molar-refractivity contribution in [2.24, 2.45) is 0 Å². The van der Waals surface area contributed by atoms with Gasteiger partial charge in [0.1, 0.15) is 11.6 Å². The molecule has 0 radical (unpaired) electrons. The summed E-state index contributed by atoms with van der Waals surface area (Å²) in [5.41, 5.74) is 2.57. The quantitative estimate of drug-likeness (QED) is 0.292. The molecule has 34 heavy (non-hydrogen) atoms. The number of hydrogen-bond acceptors (Lipinski definition) is 6. The summed E-state index contributed by atoms with van der Waals surface area (Å²) in [6.45, 7) is 5.20. The monoisotopic (exact) mass is 521 g/mol. The Bertz CT molecular complexity index is 953. The van der Waals surface area contributed by atoms with Crippen molar-refractivity contribution >= 4 is 35.5 Å². The van der Waals surface area contributed by atoms with Crippen LogP contribution in [0.5, 0.6) is 5.75 Å². The highest BCUT2D eigenvalue weighted by molar-refractivity contribution is 7.96. The topological polar surface area (TPSA) is 44.8 Å². The molecule has 1 aliphatic heterocycles. The Hall–Kier alpha value is -2.01. The molecule has 5 nitrogen and oxygen atoms in total. The van der Waals surface area contributed by atoms with Gasteiger partial charge in [-0.2, -0.15) is 0 Å². The zero-order valence-corrected chi connectivity index (χ0v) is 20.8. The summed E-state index contributed by atoms with van der Waals surface area (Å²) in [5.74, 6) is -0.953. The van der Waals surface area contributed by atoms with Crippen molar-refractivity contribution in [2.45, 2.75) is 26.3 Å². The summed E-state index contributed by atoms with van der Waals surface area (Å²) in [6.07, 6.45) is -1.59. The molecule has 1 fully saturated rings. The maximum absolute atomic E-state index is 14.0. The van der Waals surface area contributed by atoms with E-state index in [4.69, 9.17) is 11.6 Å². The van der Waals surface area contributed by atoms with Crippen LogP contribution in [0.2, 0.25) is 5.02 Å². The number of nitrogens with zero attached hydrogens (tertiary/aromatic N) is 2. The molecule has 0 saturated carbocycles. The number of benzene rings is 2. The number of nitrogens with one attached hydrogen (secondary N) is 1. The molecule has 0 unspecified atom stereocenters. The van der Waals surface area contributed by atoms with E-state index in [9.17, 15) is 22.4 Å². The first-order valence-electron chi connectivity index (χ1n) is 10.6. The number of carbonyl (C=O) groups is 1. The number of alkyl halides is 3. The van der Waals surface area contributed by atoms with E-state index in [0.29, 0.717) is 51.1 Å². The van der Waals surface area contributed by atoms with Crippen LogP contribution in [0, 0.1) is 5.82 Å². The Balaban J connectivity index is 0.000000945. The third kappa shape index (κ3) is 8.33. The molecule has 0 spiro atoms. The molecule has 2 aromatic rings. The number of aldehydes is 1. The van der Waals surface area contributed by atoms with E-state index >= 15 is 0 Å². The van der Waals surface area contributed by atoms with E-state index in [-0.39, 0.29) is 10.6 Å². The lowest BCUT2D eigenvalue weighted by Gasteiger charge is -2.36. The Morgan fingerprint density at radius 1 is 1.15 bits per heavy atom. The van der Waals surface area contributed by atoms with Crippen LogP contribution in [0.1, 0.15) is 28.4 Å². The molecular weight excluding hydrogens is 494 g/mol. The van der Waals surface area contributed by atoms with Gasteiger partial charge in [0.25, 0.3) is 0 Å². The zero-order valence-electron chi connectivity index (χ0n) is 19.2. The highest BCUT2D eigenvalue weighted by atomic mass is 35.5. The first-order valence-corrected chi connectivity index (χ1v) is 12.2. The van der Waals surface area contributed by atoms with Gasteiger partial charge in [-0.25, -0.2) is 4.39 Å². The van der Waals surface area contributed by atoms with Gasteiger partial charge in [-0.3, -0.25) is 14.4 Å². The second-order valence-electron chi connectivity index (χ2n) is 7.45. The number of carbonyl (C=O) groups excluding carboxylic acids is 1. The maximum Gasteiger partial charge on any atom is 0.573 e. The van der Waals surface area contributed by atoms with E-state index in [1.165, 1.54) is 18.2 Å². The number of anilines is 1. The molecule has 0 bridgehead atoms. The van der Waals surface area contributed by atoms with Crippen LogP contribution in [0.15, 0.2) is 30.3 Å². The number of ether oxygens (including phenoxy) is 1. The Morgan fingerprint density at radius 3 is 2.29 bits per heavy atom. The van der Waals surface area contributed by atoms with Crippen molar-refractivity contribution < 1.29 is 27.1 Å². The van der Waals surface area contributed by atoms with Crippen LogP contribution in [0.3, 0.4) is 0 Å². The van der Waals surface area contributed by atoms with Crippen molar-refractivity contribution in [3.8, 4) is 5.75 Å². The lowest BCUT2D eigenvalue weighted by molar-refractivity contribution is -0.274. The lowest BCUT2D eigenvalue weighted by Crippen LogP contribution is -2.46. The van der Waals surface area contributed by atoms with Gasteiger partial charge in [0.05, 0.1) is 10.6 Å². The minimum absolute atomic E-state index is 0.0650. The van der Waals surface area contributed by atoms with Crippen LogP contribution < -0.4 is 14.4 Å². The zero-order chi connectivity index (χ0) is 25.3. The molecule has 3 rings (SSSR count). The standard InChI is InChI=1S/C21H21ClF4N2O2.C2H7NS/c1-2-14-9-16(13-29)19(23)10-15(14)12-27-5-7-28(8-6-27)17-3-4-20(18(22)11-17)30-21(24,25)26;1-3-4-2/h3-4,9-11,13H,2,5-8,12H2,1H3;3H,1-2H3. The van der Waals surface area contributed by atoms with Crippen molar-refractivity contribution in [3.63, 3.8) is 0 Å². The fourth-order valence-electron chi connectivity index (χ4n) is 3.54.